The normalized spacial score (nSPS) is 11.2. The second-order valence-corrected chi connectivity index (χ2v) is 5.19. The first-order valence-electron chi connectivity index (χ1n) is 6.69. The maximum absolute atomic E-state index is 11.9. The van der Waals surface area contributed by atoms with Crippen LogP contribution in [0.3, 0.4) is 0 Å². The quantitative estimate of drug-likeness (QED) is 0.789. The maximum atomic E-state index is 11.9. The van der Waals surface area contributed by atoms with E-state index in [1.807, 2.05) is 20.8 Å². The summed E-state index contributed by atoms with van der Waals surface area (Å²) in [6.07, 6.45) is 0.823. The van der Waals surface area contributed by atoms with E-state index in [0.717, 1.165) is 6.42 Å². The molecule has 0 saturated heterocycles. The number of hydrogen-bond donors (Lipinski definition) is 1. The van der Waals surface area contributed by atoms with Crippen molar-refractivity contribution in [3.8, 4) is 0 Å². The van der Waals surface area contributed by atoms with Crippen molar-refractivity contribution < 1.29 is 14.3 Å². The molecule has 0 fully saturated rings. The molecule has 1 aromatic rings. The molecular formula is C13H22N4O3. The second kappa shape index (κ2) is 6.49. The molecule has 0 aromatic carbocycles. The number of nitrogens with one attached hydrogen (secondary N) is 1. The Balaban J connectivity index is 2.75. The predicted molar refractivity (Wildman–Crippen MR) is 73.2 cm³/mol. The Morgan fingerprint density at radius 3 is 2.55 bits per heavy atom. The van der Waals surface area contributed by atoms with Crippen molar-refractivity contribution in [2.45, 2.75) is 53.1 Å². The number of hydrogen-bond acceptors (Lipinski definition) is 5. The monoisotopic (exact) mass is 282 g/mol. The topological polar surface area (TPSA) is 86.1 Å². The Bertz CT molecular complexity index is 494. The van der Waals surface area contributed by atoms with E-state index in [4.69, 9.17) is 4.74 Å². The van der Waals surface area contributed by atoms with Gasteiger partial charge in [-0.05, 0) is 34.1 Å². The average Bonchev–Trinajstić information content (AvgIpc) is 2.71. The molecule has 0 radical (unpaired) electrons. The standard InChI is InChI=1S/C13H22N4O3/c1-6-13(4,5)14-10(18)8-17-9(3)11(15-16-17)12(19)20-7-2/h6-8H2,1-5H3,(H,14,18). The van der Waals surface area contributed by atoms with Gasteiger partial charge in [0.25, 0.3) is 0 Å². The van der Waals surface area contributed by atoms with Crippen molar-refractivity contribution in [2.75, 3.05) is 6.61 Å². The number of aromatic nitrogens is 3. The van der Waals surface area contributed by atoms with Crippen LogP contribution in [0.25, 0.3) is 0 Å². The lowest BCUT2D eigenvalue weighted by atomic mass is 10.0. The number of esters is 1. The van der Waals surface area contributed by atoms with Crippen LogP contribution in [-0.4, -0.2) is 39.0 Å². The number of ether oxygens (including phenoxy) is 1. The number of carbonyl (C=O) groups is 2. The molecule has 20 heavy (non-hydrogen) atoms. The van der Waals surface area contributed by atoms with Gasteiger partial charge in [-0.25, -0.2) is 9.48 Å². The van der Waals surface area contributed by atoms with Crippen LogP contribution in [0.15, 0.2) is 0 Å². The van der Waals surface area contributed by atoms with E-state index >= 15 is 0 Å². The first kappa shape index (κ1) is 16.1. The molecule has 0 aliphatic carbocycles. The van der Waals surface area contributed by atoms with Gasteiger partial charge in [-0.1, -0.05) is 12.1 Å². The summed E-state index contributed by atoms with van der Waals surface area (Å²) in [5, 5.41) is 10.5. The van der Waals surface area contributed by atoms with Gasteiger partial charge >= 0.3 is 5.97 Å². The molecule has 0 aliphatic heterocycles. The van der Waals surface area contributed by atoms with Gasteiger partial charge < -0.3 is 10.1 Å². The summed E-state index contributed by atoms with van der Waals surface area (Å²) in [7, 11) is 0. The van der Waals surface area contributed by atoms with Crippen molar-refractivity contribution in [3.63, 3.8) is 0 Å². The highest BCUT2D eigenvalue weighted by Gasteiger charge is 2.21. The Morgan fingerprint density at radius 2 is 2.00 bits per heavy atom. The number of amides is 1. The van der Waals surface area contributed by atoms with E-state index in [9.17, 15) is 9.59 Å². The molecule has 1 aromatic heterocycles. The van der Waals surface area contributed by atoms with Crippen molar-refractivity contribution in [2.24, 2.45) is 0 Å². The SMILES string of the molecule is CCOC(=O)c1nnn(CC(=O)NC(C)(C)CC)c1C. The number of nitrogens with zero attached hydrogens (tertiary/aromatic N) is 3. The van der Waals surface area contributed by atoms with Gasteiger partial charge in [-0.2, -0.15) is 0 Å². The van der Waals surface area contributed by atoms with Crippen molar-refractivity contribution in [1.82, 2.24) is 20.3 Å². The van der Waals surface area contributed by atoms with Crippen LogP contribution in [0.4, 0.5) is 0 Å². The molecule has 7 heteroatoms. The Morgan fingerprint density at radius 1 is 1.35 bits per heavy atom. The summed E-state index contributed by atoms with van der Waals surface area (Å²) in [6.45, 7) is 9.60. The molecular weight excluding hydrogens is 260 g/mol. The lowest BCUT2D eigenvalue weighted by Gasteiger charge is -2.24. The van der Waals surface area contributed by atoms with Gasteiger partial charge in [-0.3, -0.25) is 4.79 Å². The van der Waals surface area contributed by atoms with Crippen LogP contribution in [-0.2, 0) is 16.1 Å². The van der Waals surface area contributed by atoms with Crippen LogP contribution >= 0.6 is 0 Å². The zero-order chi connectivity index (χ0) is 15.3. The predicted octanol–water partition coefficient (Wildman–Crippen LogP) is 1.07. The van der Waals surface area contributed by atoms with E-state index in [1.165, 1.54) is 4.68 Å². The molecule has 1 amide bonds. The maximum Gasteiger partial charge on any atom is 0.360 e. The molecule has 7 nitrogen and oxygen atoms in total. The fourth-order valence-electron chi connectivity index (χ4n) is 1.54. The van der Waals surface area contributed by atoms with Gasteiger partial charge in [0.2, 0.25) is 5.91 Å². The number of rotatable bonds is 6. The Hall–Kier alpha value is -1.92. The lowest BCUT2D eigenvalue weighted by Crippen LogP contribution is -2.44. The summed E-state index contributed by atoms with van der Waals surface area (Å²) < 4.78 is 6.27. The van der Waals surface area contributed by atoms with Gasteiger partial charge in [0.05, 0.1) is 12.3 Å². The molecule has 0 spiro atoms. The molecule has 0 saturated carbocycles. The summed E-state index contributed by atoms with van der Waals surface area (Å²) in [4.78, 5) is 23.5. The van der Waals surface area contributed by atoms with E-state index < -0.39 is 5.97 Å². The second-order valence-electron chi connectivity index (χ2n) is 5.19. The third-order valence-corrected chi connectivity index (χ3v) is 3.11. The van der Waals surface area contributed by atoms with E-state index in [2.05, 4.69) is 15.6 Å². The highest BCUT2D eigenvalue weighted by atomic mass is 16.5. The van der Waals surface area contributed by atoms with Crippen LogP contribution in [0.5, 0.6) is 0 Å². The smallest absolute Gasteiger partial charge is 0.360 e. The summed E-state index contributed by atoms with van der Waals surface area (Å²) in [6, 6.07) is 0. The Labute approximate surface area is 118 Å². The minimum Gasteiger partial charge on any atom is -0.461 e. The minimum absolute atomic E-state index is 0.0294. The average molecular weight is 282 g/mol. The van der Waals surface area contributed by atoms with Gasteiger partial charge in [-0.15, -0.1) is 5.10 Å². The van der Waals surface area contributed by atoms with Crippen molar-refractivity contribution in [3.05, 3.63) is 11.4 Å². The summed E-state index contributed by atoms with van der Waals surface area (Å²) in [5.41, 5.74) is 0.400. The number of carbonyl (C=O) groups excluding carboxylic acids is 2. The van der Waals surface area contributed by atoms with Gasteiger partial charge in [0.15, 0.2) is 5.69 Å². The van der Waals surface area contributed by atoms with Gasteiger partial charge in [0.1, 0.15) is 6.54 Å². The van der Waals surface area contributed by atoms with E-state index in [1.54, 1.807) is 13.8 Å². The fourth-order valence-corrected chi connectivity index (χ4v) is 1.54. The minimum atomic E-state index is -0.523. The zero-order valence-electron chi connectivity index (χ0n) is 12.7. The molecule has 0 aliphatic rings. The molecule has 0 bridgehead atoms. The van der Waals surface area contributed by atoms with Crippen LogP contribution in [0.1, 0.15) is 50.3 Å². The summed E-state index contributed by atoms with van der Waals surface area (Å²) in [5.74, 6) is -0.689. The fraction of sp³-hybridized carbons (Fsp3) is 0.692. The first-order chi connectivity index (χ1) is 9.30. The van der Waals surface area contributed by atoms with Crippen molar-refractivity contribution >= 4 is 11.9 Å². The molecule has 1 rings (SSSR count). The van der Waals surface area contributed by atoms with Crippen LogP contribution in [0, 0.1) is 6.92 Å². The lowest BCUT2D eigenvalue weighted by molar-refractivity contribution is -0.123. The zero-order valence-corrected chi connectivity index (χ0v) is 12.7. The molecule has 112 valence electrons. The van der Waals surface area contributed by atoms with Crippen LogP contribution in [0.2, 0.25) is 0 Å². The highest BCUT2D eigenvalue weighted by molar-refractivity contribution is 5.88. The third kappa shape index (κ3) is 4.04. The molecule has 0 unspecified atom stereocenters. The molecule has 1 heterocycles. The summed E-state index contributed by atoms with van der Waals surface area (Å²) >= 11 is 0. The van der Waals surface area contributed by atoms with Gasteiger partial charge in [0, 0.05) is 5.54 Å². The largest absolute Gasteiger partial charge is 0.461 e. The van der Waals surface area contributed by atoms with Crippen LogP contribution < -0.4 is 5.32 Å². The highest BCUT2D eigenvalue weighted by Crippen LogP contribution is 2.08. The van der Waals surface area contributed by atoms with E-state index in [0.29, 0.717) is 5.69 Å². The van der Waals surface area contributed by atoms with E-state index in [-0.39, 0.29) is 30.3 Å². The molecule has 0 atom stereocenters. The first-order valence-corrected chi connectivity index (χ1v) is 6.69. The Kier molecular flexibility index (Phi) is 5.24. The third-order valence-electron chi connectivity index (χ3n) is 3.11. The van der Waals surface area contributed by atoms with Crippen molar-refractivity contribution in [1.29, 1.82) is 0 Å². The molecule has 1 N–H and O–H groups in total.